The van der Waals surface area contributed by atoms with E-state index >= 15 is 0 Å². The van der Waals surface area contributed by atoms with Crippen molar-refractivity contribution in [3.8, 4) is 0 Å². The monoisotopic (exact) mass is 261 g/mol. The molecule has 1 aliphatic heterocycles. The molecule has 2 rings (SSSR count). The number of rotatable bonds is 2. The fourth-order valence-corrected chi connectivity index (χ4v) is 2.28. The summed E-state index contributed by atoms with van der Waals surface area (Å²) in [4.78, 5) is 27.4. The maximum Gasteiger partial charge on any atom is 0.322 e. The van der Waals surface area contributed by atoms with Crippen molar-refractivity contribution in [1.29, 1.82) is 0 Å². The zero-order valence-electron chi connectivity index (χ0n) is 11.3. The number of benzene rings is 1. The molecule has 1 N–H and O–H groups in total. The summed E-state index contributed by atoms with van der Waals surface area (Å²) in [5.74, 6) is -0.0132. The molecule has 3 amide bonds. The van der Waals surface area contributed by atoms with Gasteiger partial charge in [0.25, 0.3) is 0 Å². The Labute approximate surface area is 113 Å². The van der Waals surface area contributed by atoms with Gasteiger partial charge in [0.15, 0.2) is 0 Å². The minimum Gasteiger partial charge on any atom is -0.347 e. The van der Waals surface area contributed by atoms with Gasteiger partial charge in [0.05, 0.1) is 0 Å². The highest BCUT2D eigenvalue weighted by Gasteiger charge is 2.34. The summed E-state index contributed by atoms with van der Waals surface area (Å²) in [6, 6.07) is 8.74. The largest absolute Gasteiger partial charge is 0.347 e. The molecule has 1 aliphatic rings. The van der Waals surface area contributed by atoms with Crippen LogP contribution in [0.3, 0.4) is 0 Å². The van der Waals surface area contributed by atoms with Gasteiger partial charge in [-0.25, -0.2) is 4.79 Å². The highest BCUT2D eigenvalue weighted by Crippen LogP contribution is 2.20. The van der Waals surface area contributed by atoms with Crippen LogP contribution in [0.25, 0.3) is 0 Å². The molecule has 0 aromatic heterocycles. The van der Waals surface area contributed by atoms with E-state index in [0.29, 0.717) is 6.54 Å². The molecule has 0 radical (unpaired) electrons. The van der Waals surface area contributed by atoms with Crippen LogP contribution in [0.5, 0.6) is 0 Å². The van der Waals surface area contributed by atoms with Gasteiger partial charge in [-0.2, -0.15) is 0 Å². The molecule has 1 saturated heterocycles. The van der Waals surface area contributed by atoms with Gasteiger partial charge >= 0.3 is 6.03 Å². The number of amides is 3. The van der Waals surface area contributed by atoms with E-state index in [9.17, 15) is 9.59 Å². The molecule has 0 unspecified atom stereocenters. The molecule has 0 saturated carbocycles. The third-order valence-corrected chi connectivity index (χ3v) is 3.26. The first kappa shape index (κ1) is 13.4. The standard InChI is InChI=1S/C14H19N3O2/c1-16(2)13(18)12-9-6-10-17(12)14(19)15-11-7-4-3-5-8-11/h3-5,7-8,12H,6,9-10H2,1-2H3,(H,15,19)/t12-/m1/s1. The summed E-state index contributed by atoms with van der Waals surface area (Å²) >= 11 is 0. The topological polar surface area (TPSA) is 52.7 Å². The number of nitrogens with zero attached hydrogens (tertiary/aromatic N) is 2. The van der Waals surface area contributed by atoms with E-state index in [2.05, 4.69) is 5.32 Å². The summed E-state index contributed by atoms with van der Waals surface area (Å²) in [6.45, 7) is 0.628. The maximum absolute atomic E-state index is 12.2. The average molecular weight is 261 g/mol. The SMILES string of the molecule is CN(C)C(=O)[C@H]1CCCN1C(=O)Nc1ccccc1. The molecule has 1 aromatic rings. The first-order valence-corrected chi connectivity index (χ1v) is 6.43. The van der Waals surface area contributed by atoms with E-state index in [1.807, 2.05) is 30.3 Å². The Balaban J connectivity index is 2.04. The molecular formula is C14H19N3O2. The van der Waals surface area contributed by atoms with Crippen LogP contribution in [0.15, 0.2) is 30.3 Å². The number of hydrogen-bond donors (Lipinski definition) is 1. The summed E-state index contributed by atoms with van der Waals surface area (Å²) in [5.41, 5.74) is 0.746. The van der Waals surface area contributed by atoms with E-state index in [-0.39, 0.29) is 18.0 Å². The fraction of sp³-hybridized carbons (Fsp3) is 0.429. The number of urea groups is 1. The zero-order chi connectivity index (χ0) is 13.8. The van der Waals surface area contributed by atoms with Crippen LogP contribution >= 0.6 is 0 Å². The second-order valence-electron chi connectivity index (χ2n) is 4.88. The lowest BCUT2D eigenvalue weighted by molar-refractivity contribution is -0.132. The lowest BCUT2D eigenvalue weighted by Crippen LogP contribution is -2.47. The third kappa shape index (κ3) is 3.05. The number of carbonyl (C=O) groups is 2. The van der Waals surface area contributed by atoms with E-state index in [4.69, 9.17) is 0 Å². The van der Waals surface area contributed by atoms with Crippen molar-refractivity contribution in [2.45, 2.75) is 18.9 Å². The normalized spacial score (nSPS) is 18.2. The molecule has 1 heterocycles. The van der Waals surface area contributed by atoms with Crippen molar-refractivity contribution < 1.29 is 9.59 Å². The minimum atomic E-state index is -0.335. The molecule has 0 spiro atoms. The van der Waals surface area contributed by atoms with Gasteiger partial charge in [-0.1, -0.05) is 18.2 Å². The average Bonchev–Trinajstić information content (AvgIpc) is 2.88. The first-order chi connectivity index (χ1) is 9.09. The number of nitrogens with one attached hydrogen (secondary N) is 1. The van der Waals surface area contributed by atoms with Crippen LogP contribution in [0.2, 0.25) is 0 Å². The molecule has 102 valence electrons. The highest BCUT2D eigenvalue weighted by molar-refractivity contribution is 5.94. The quantitative estimate of drug-likeness (QED) is 0.882. The Morgan fingerprint density at radius 1 is 1.26 bits per heavy atom. The van der Waals surface area contributed by atoms with Gasteiger partial charge in [-0.3, -0.25) is 4.79 Å². The Hall–Kier alpha value is -2.04. The third-order valence-electron chi connectivity index (χ3n) is 3.26. The molecule has 5 heteroatoms. The molecule has 1 fully saturated rings. The molecule has 0 aliphatic carbocycles. The number of likely N-dealkylation sites (N-methyl/N-ethyl adjacent to an activating group) is 1. The molecule has 0 bridgehead atoms. The van der Waals surface area contributed by atoms with Gasteiger partial charge in [0, 0.05) is 26.3 Å². The second-order valence-corrected chi connectivity index (χ2v) is 4.88. The predicted octanol–water partition coefficient (Wildman–Crippen LogP) is 1.77. The summed E-state index contributed by atoms with van der Waals surface area (Å²) in [6.07, 6.45) is 1.60. The van der Waals surface area contributed by atoms with Crippen molar-refractivity contribution in [1.82, 2.24) is 9.80 Å². The van der Waals surface area contributed by atoms with Crippen LogP contribution < -0.4 is 5.32 Å². The summed E-state index contributed by atoms with van der Waals surface area (Å²) < 4.78 is 0. The van der Waals surface area contributed by atoms with Crippen molar-refractivity contribution >= 4 is 17.6 Å². The van der Waals surface area contributed by atoms with Crippen molar-refractivity contribution in [3.63, 3.8) is 0 Å². The van der Waals surface area contributed by atoms with Gasteiger partial charge in [-0.15, -0.1) is 0 Å². The Kier molecular flexibility index (Phi) is 4.04. The van der Waals surface area contributed by atoms with Crippen LogP contribution in [-0.2, 0) is 4.79 Å². The molecule has 1 aromatic carbocycles. The van der Waals surface area contributed by atoms with Gasteiger partial charge in [-0.05, 0) is 25.0 Å². The summed E-state index contributed by atoms with van der Waals surface area (Å²) in [7, 11) is 3.43. The van der Waals surface area contributed by atoms with Crippen LogP contribution in [-0.4, -0.2) is 48.4 Å². The molecule has 19 heavy (non-hydrogen) atoms. The maximum atomic E-state index is 12.2. The molecular weight excluding hydrogens is 242 g/mol. The van der Waals surface area contributed by atoms with E-state index in [1.54, 1.807) is 23.9 Å². The number of carbonyl (C=O) groups excluding carboxylic acids is 2. The number of likely N-dealkylation sites (tertiary alicyclic amines) is 1. The van der Waals surface area contributed by atoms with Crippen molar-refractivity contribution in [3.05, 3.63) is 30.3 Å². The van der Waals surface area contributed by atoms with Gasteiger partial charge in [0.1, 0.15) is 6.04 Å². The Bertz CT molecular complexity index is 459. The Morgan fingerprint density at radius 3 is 2.58 bits per heavy atom. The molecule has 5 nitrogen and oxygen atoms in total. The number of hydrogen-bond acceptors (Lipinski definition) is 2. The van der Waals surface area contributed by atoms with Crippen LogP contribution in [0.4, 0.5) is 10.5 Å². The van der Waals surface area contributed by atoms with E-state index in [0.717, 1.165) is 18.5 Å². The predicted molar refractivity (Wildman–Crippen MR) is 73.9 cm³/mol. The van der Waals surface area contributed by atoms with Gasteiger partial charge in [0.2, 0.25) is 5.91 Å². The highest BCUT2D eigenvalue weighted by atomic mass is 16.2. The van der Waals surface area contributed by atoms with Gasteiger partial charge < -0.3 is 15.1 Å². The minimum absolute atomic E-state index is 0.0132. The van der Waals surface area contributed by atoms with Crippen LogP contribution in [0.1, 0.15) is 12.8 Å². The first-order valence-electron chi connectivity index (χ1n) is 6.43. The fourth-order valence-electron chi connectivity index (χ4n) is 2.28. The lowest BCUT2D eigenvalue weighted by Gasteiger charge is -2.26. The summed E-state index contributed by atoms with van der Waals surface area (Å²) in [5, 5.41) is 2.82. The Morgan fingerprint density at radius 2 is 1.95 bits per heavy atom. The van der Waals surface area contributed by atoms with Crippen molar-refractivity contribution in [2.24, 2.45) is 0 Å². The number of anilines is 1. The number of para-hydroxylation sites is 1. The van der Waals surface area contributed by atoms with E-state index < -0.39 is 0 Å². The lowest BCUT2D eigenvalue weighted by atomic mass is 10.2. The smallest absolute Gasteiger partial charge is 0.322 e. The van der Waals surface area contributed by atoms with E-state index in [1.165, 1.54) is 0 Å². The molecule has 1 atom stereocenters. The van der Waals surface area contributed by atoms with Crippen LogP contribution in [0, 0.1) is 0 Å². The second kappa shape index (κ2) is 5.73. The van der Waals surface area contributed by atoms with Crippen molar-refractivity contribution in [2.75, 3.05) is 26.0 Å². The zero-order valence-corrected chi connectivity index (χ0v) is 11.3.